The molecule has 214 valence electrons. The summed E-state index contributed by atoms with van der Waals surface area (Å²) in [7, 11) is 0. The summed E-state index contributed by atoms with van der Waals surface area (Å²) in [5, 5.41) is 19.5. The molecule has 1 fully saturated rings. The standard InChI is InChI=1S/C33H46O6/c1-6-17-24(3)22-25(4)18-14-12-10-8-9-11-13-15-21-28(35)26(5)19-16-20-27(7-2)31(36)30-32(37)29(23-34)39-33(30)38/h8,10-11,13-15,17-18,20-22,26,28-30,34-35H,6-7,9,12,16,19,23H2,1-5H3/b10-8+,13-11+,18-14+,21-15+,24-17+,25-22+,27-20+/t26-,28+,29?,30?/m0/s1. The number of carbonyl (C=O) groups excluding carboxylic acids is 3. The maximum absolute atomic E-state index is 12.7. The maximum Gasteiger partial charge on any atom is 0.325 e. The van der Waals surface area contributed by atoms with E-state index in [-0.39, 0.29) is 5.92 Å². The first-order valence-electron chi connectivity index (χ1n) is 13.9. The molecule has 1 aliphatic heterocycles. The fourth-order valence-electron chi connectivity index (χ4n) is 4.14. The number of aliphatic hydroxyl groups excluding tert-OH is 2. The lowest BCUT2D eigenvalue weighted by molar-refractivity contribution is -0.147. The number of rotatable bonds is 17. The predicted molar refractivity (Wildman–Crippen MR) is 157 cm³/mol. The number of carbonyl (C=O) groups is 3. The van der Waals surface area contributed by atoms with Crippen molar-refractivity contribution in [3.63, 3.8) is 0 Å². The zero-order valence-electron chi connectivity index (χ0n) is 24.1. The Kier molecular flexibility index (Phi) is 16.6. The van der Waals surface area contributed by atoms with Crippen molar-refractivity contribution >= 4 is 17.5 Å². The summed E-state index contributed by atoms with van der Waals surface area (Å²) >= 11 is 0. The molecule has 2 N–H and O–H groups in total. The van der Waals surface area contributed by atoms with E-state index in [0.29, 0.717) is 24.8 Å². The molecule has 0 aromatic heterocycles. The van der Waals surface area contributed by atoms with Crippen LogP contribution in [0.2, 0.25) is 0 Å². The third-order valence-corrected chi connectivity index (χ3v) is 6.45. The topological polar surface area (TPSA) is 101 Å². The molecule has 6 heteroatoms. The second-order valence-electron chi connectivity index (χ2n) is 9.84. The summed E-state index contributed by atoms with van der Waals surface area (Å²) < 4.78 is 4.79. The van der Waals surface area contributed by atoms with Crippen LogP contribution in [0.1, 0.15) is 73.1 Å². The fourth-order valence-corrected chi connectivity index (χ4v) is 4.14. The molecule has 1 aliphatic rings. The Bertz CT molecular complexity index is 1020. The summed E-state index contributed by atoms with van der Waals surface area (Å²) in [4.78, 5) is 36.8. The molecule has 0 aromatic rings. The minimum atomic E-state index is -1.49. The SMILES string of the molecule is CC/C=C(C)/C=C(C)/C=C/C/C=C/C/C=C/C=C/[C@@H](O)[C@@H](C)CC/C=C(\CC)C(=O)C1C(=O)OC(CO)C1=O. The molecule has 2 unspecified atom stereocenters. The van der Waals surface area contributed by atoms with Crippen molar-refractivity contribution in [2.45, 2.75) is 85.4 Å². The van der Waals surface area contributed by atoms with Gasteiger partial charge in [0.1, 0.15) is 0 Å². The van der Waals surface area contributed by atoms with Gasteiger partial charge in [-0.3, -0.25) is 14.4 Å². The van der Waals surface area contributed by atoms with Crippen LogP contribution < -0.4 is 0 Å². The van der Waals surface area contributed by atoms with E-state index in [4.69, 9.17) is 9.84 Å². The Hall–Kier alpha value is -3.09. The van der Waals surface area contributed by atoms with Gasteiger partial charge < -0.3 is 14.9 Å². The molecular weight excluding hydrogens is 492 g/mol. The lowest BCUT2D eigenvalue weighted by atomic mass is 9.90. The van der Waals surface area contributed by atoms with Crippen LogP contribution in [0.4, 0.5) is 0 Å². The molecule has 0 aliphatic carbocycles. The van der Waals surface area contributed by atoms with Crippen molar-refractivity contribution in [3.8, 4) is 0 Å². The van der Waals surface area contributed by atoms with E-state index in [2.05, 4.69) is 57.2 Å². The van der Waals surface area contributed by atoms with Gasteiger partial charge in [-0.2, -0.15) is 0 Å². The van der Waals surface area contributed by atoms with E-state index < -0.39 is 42.3 Å². The summed E-state index contributed by atoms with van der Waals surface area (Å²) in [6.07, 6.45) is 24.5. The number of allylic oxidation sites excluding steroid dienone is 13. The molecule has 0 radical (unpaired) electrons. The third-order valence-electron chi connectivity index (χ3n) is 6.45. The number of cyclic esters (lactones) is 1. The first-order chi connectivity index (χ1) is 18.7. The number of ether oxygens (including phenoxy) is 1. The van der Waals surface area contributed by atoms with E-state index in [9.17, 15) is 19.5 Å². The molecule has 1 saturated heterocycles. The van der Waals surface area contributed by atoms with Crippen molar-refractivity contribution < 1.29 is 29.3 Å². The Labute approximate surface area is 234 Å². The Morgan fingerprint density at radius 2 is 1.69 bits per heavy atom. The summed E-state index contributed by atoms with van der Waals surface area (Å²) in [5.74, 6) is -3.67. The molecular formula is C33H46O6. The highest BCUT2D eigenvalue weighted by Crippen LogP contribution is 2.23. The molecule has 4 atom stereocenters. The van der Waals surface area contributed by atoms with Crippen molar-refractivity contribution in [1.29, 1.82) is 0 Å². The second-order valence-corrected chi connectivity index (χ2v) is 9.84. The van der Waals surface area contributed by atoms with Gasteiger partial charge in [0.15, 0.2) is 23.6 Å². The number of hydrogen-bond acceptors (Lipinski definition) is 6. The number of aliphatic hydroxyl groups is 2. The zero-order chi connectivity index (χ0) is 29.2. The minimum Gasteiger partial charge on any atom is -0.451 e. The number of esters is 1. The average molecular weight is 539 g/mol. The Morgan fingerprint density at radius 1 is 1.00 bits per heavy atom. The van der Waals surface area contributed by atoms with Crippen LogP contribution in [0.5, 0.6) is 0 Å². The normalized spacial score (nSPS) is 21.2. The van der Waals surface area contributed by atoms with E-state index in [1.807, 2.05) is 25.2 Å². The lowest BCUT2D eigenvalue weighted by Gasteiger charge is -2.14. The van der Waals surface area contributed by atoms with E-state index in [0.717, 1.165) is 19.3 Å². The first kappa shape index (κ1) is 33.9. The summed E-state index contributed by atoms with van der Waals surface area (Å²) in [6, 6.07) is 0. The molecule has 0 amide bonds. The van der Waals surface area contributed by atoms with Crippen molar-refractivity contribution in [3.05, 3.63) is 83.6 Å². The van der Waals surface area contributed by atoms with Crippen molar-refractivity contribution in [2.75, 3.05) is 6.61 Å². The van der Waals surface area contributed by atoms with Gasteiger partial charge in [-0.15, -0.1) is 0 Å². The molecule has 6 nitrogen and oxygen atoms in total. The van der Waals surface area contributed by atoms with E-state index in [1.165, 1.54) is 11.1 Å². The monoisotopic (exact) mass is 538 g/mol. The van der Waals surface area contributed by atoms with E-state index >= 15 is 0 Å². The van der Waals surface area contributed by atoms with Gasteiger partial charge in [-0.25, -0.2) is 0 Å². The second kappa shape index (κ2) is 19.0. The van der Waals surface area contributed by atoms with Crippen LogP contribution >= 0.6 is 0 Å². The zero-order valence-corrected chi connectivity index (χ0v) is 24.1. The van der Waals surface area contributed by atoms with Crippen LogP contribution in [0.15, 0.2) is 83.6 Å². The van der Waals surface area contributed by atoms with Gasteiger partial charge in [0, 0.05) is 0 Å². The van der Waals surface area contributed by atoms with Gasteiger partial charge in [0.25, 0.3) is 0 Å². The lowest BCUT2D eigenvalue weighted by Crippen LogP contribution is -2.30. The van der Waals surface area contributed by atoms with E-state index in [1.54, 1.807) is 19.1 Å². The van der Waals surface area contributed by atoms with Gasteiger partial charge in [0.2, 0.25) is 0 Å². The van der Waals surface area contributed by atoms with Gasteiger partial charge in [0.05, 0.1) is 12.7 Å². The minimum absolute atomic E-state index is 0.0404. The highest BCUT2D eigenvalue weighted by atomic mass is 16.6. The Balaban J connectivity index is 2.43. The highest BCUT2D eigenvalue weighted by Gasteiger charge is 2.47. The molecule has 0 saturated carbocycles. The smallest absolute Gasteiger partial charge is 0.325 e. The molecule has 1 rings (SSSR count). The van der Waals surface area contributed by atoms with Crippen LogP contribution in [-0.2, 0) is 19.1 Å². The summed E-state index contributed by atoms with van der Waals surface area (Å²) in [6.45, 7) is 9.44. The third kappa shape index (κ3) is 12.5. The number of hydrogen-bond donors (Lipinski definition) is 2. The maximum atomic E-state index is 12.7. The van der Waals surface area contributed by atoms with Crippen LogP contribution in [0.25, 0.3) is 0 Å². The highest BCUT2D eigenvalue weighted by molar-refractivity contribution is 6.25. The van der Waals surface area contributed by atoms with Crippen LogP contribution in [0, 0.1) is 11.8 Å². The average Bonchev–Trinajstić information content (AvgIpc) is 3.19. The first-order valence-corrected chi connectivity index (χ1v) is 13.9. The van der Waals surface area contributed by atoms with Gasteiger partial charge in [-0.05, 0) is 63.9 Å². The van der Waals surface area contributed by atoms with Crippen molar-refractivity contribution in [2.24, 2.45) is 11.8 Å². The number of Topliss-reactive ketones (excluding diaryl/α,β-unsaturated/α-hetero) is 2. The van der Waals surface area contributed by atoms with Crippen molar-refractivity contribution in [1.82, 2.24) is 0 Å². The largest absolute Gasteiger partial charge is 0.451 e. The number of ketones is 2. The fraction of sp³-hybridized carbons (Fsp3) is 0.485. The molecule has 1 heterocycles. The van der Waals surface area contributed by atoms with Gasteiger partial charge >= 0.3 is 5.97 Å². The molecule has 0 spiro atoms. The summed E-state index contributed by atoms with van der Waals surface area (Å²) in [5.41, 5.74) is 2.91. The van der Waals surface area contributed by atoms with Crippen LogP contribution in [0.3, 0.4) is 0 Å². The Morgan fingerprint density at radius 3 is 2.31 bits per heavy atom. The predicted octanol–water partition coefficient (Wildman–Crippen LogP) is 6.08. The molecule has 0 bridgehead atoms. The quantitative estimate of drug-likeness (QED) is 0.0765. The molecule has 0 aromatic carbocycles. The van der Waals surface area contributed by atoms with Gasteiger partial charge in [-0.1, -0.05) is 98.8 Å². The molecule has 39 heavy (non-hydrogen) atoms. The van der Waals surface area contributed by atoms with Crippen LogP contribution in [-0.4, -0.2) is 46.6 Å².